The lowest BCUT2D eigenvalue weighted by Crippen LogP contribution is -2.07. The number of hydrogen-bond acceptors (Lipinski definition) is 4. The van der Waals surface area contributed by atoms with E-state index in [9.17, 15) is 4.39 Å². The summed E-state index contributed by atoms with van der Waals surface area (Å²) in [5.41, 5.74) is 0.591. The third kappa shape index (κ3) is 4.04. The standard InChI is InChI=1S/C15H18ClFN4/c1-4-18-13-8-14(21-15(20-13)9(2)3)19-10-5-6-11(16)12(17)7-10/h5-9H,4H2,1-3H3,(H2,18,19,20,21). The zero-order valence-corrected chi connectivity index (χ0v) is 13.0. The topological polar surface area (TPSA) is 49.8 Å². The van der Waals surface area contributed by atoms with E-state index in [0.29, 0.717) is 11.5 Å². The second-order valence-corrected chi connectivity index (χ2v) is 5.34. The number of halogens is 2. The van der Waals surface area contributed by atoms with Gasteiger partial charge in [-0.1, -0.05) is 25.4 Å². The number of aromatic nitrogens is 2. The predicted molar refractivity (Wildman–Crippen MR) is 85.0 cm³/mol. The van der Waals surface area contributed by atoms with Crippen LogP contribution in [0.2, 0.25) is 5.02 Å². The Morgan fingerprint density at radius 3 is 2.52 bits per heavy atom. The molecule has 0 atom stereocenters. The Morgan fingerprint density at radius 2 is 1.90 bits per heavy atom. The van der Waals surface area contributed by atoms with Crippen molar-refractivity contribution < 1.29 is 4.39 Å². The van der Waals surface area contributed by atoms with Crippen LogP contribution in [0.4, 0.5) is 21.7 Å². The van der Waals surface area contributed by atoms with E-state index in [1.54, 1.807) is 12.1 Å². The van der Waals surface area contributed by atoms with Crippen molar-refractivity contribution in [2.24, 2.45) is 0 Å². The first-order valence-electron chi connectivity index (χ1n) is 6.84. The van der Waals surface area contributed by atoms with Gasteiger partial charge < -0.3 is 10.6 Å². The van der Waals surface area contributed by atoms with E-state index >= 15 is 0 Å². The molecule has 2 rings (SSSR count). The monoisotopic (exact) mass is 308 g/mol. The zero-order chi connectivity index (χ0) is 15.4. The smallest absolute Gasteiger partial charge is 0.143 e. The largest absolute Gasteiger partial charge is 0.370 e. The van der Waals surface area contributed by atoms with Crippen LogP contribution in [0.25, 0.3) is 0 Å². The van der Waals surface area contributed by atoms with Gasteiger partial charge in [0.1, 0.15) is 23.3 Å². The number of nitrogens with zero attached hydrogens (tertiary/aromatic N) is 2. The molecular formula is C15H18ClFN4. The molecule has 21 heavy (non-hydrogen) atoms. The Balaban J connectivity index is 2.31. The number of rotatable bonds is 5. The van der Waals surface area contributed by atoms with Crippen LogP contribution in [0.3, 0.4) is 0 Å². The van der Waals surface area contributed by atoms with Gasteiger partial charge in [0.25, 0.3) is 0 Å². The van der Waals surface area contributed by atoms with Gasteiger partial charge in [0.2, 0.25) is 0 Å². The summed E-state index contributed by atoms with van der Waals surface area (Å²) < 4.78 is 13.5. The quantitative estimate of drug-likeness (QED) is 0.849. The van der Waals surface area contributed by atoms with E-state index in [4.69, 9.17) is 11.6 Å². The average Bonchev–Trinajstić information content (AvgIpc) is 2.43. The van der Waals surface area contributed by atoms with Crippen molar-refractivity contribution in [3.8, 4) is 0 Å². The summed E-state index contributed by atoms with van der Waals surface area (Å²) in [4.78, 5) is 8.88. The van der Waals surface area contributed by atoms with Crippen molar-refractivity contribution in [1.29, 1.82) is 0 Å². The molecule has 0 bridgehead atoms. The molecule has 112 valence electrons. The van der Waals surface area contributed by atoms with Crippen molar-refractivity contribution >= 4 is 28.9 Å². The van der Waals surface area contributed by atoms with Crippen LogP contribution in [0, 0.1) is 5.82 Å². The van der Waals surface area contributed by atoms with Crippen LogP contribution in [-0.4, -0.2) is 16.5 Å². The first-order chi connectivity index (χ1) is 9.99. The van der Waals surface area contributed by atoms with Gasteiger partial charge in [0, 0.05) is 24.2 Å². The molecule has 1 heterocycles. The Bertz CT molecular complexity index is 631. The molecule has 0 fully saturated rings. The lowest BCUT2D eigenvalue weighted by Gasteiger charge is -2.12. The molecule has 0 spiro atoms. The molecule has 4 nitrogen and oxygen atoms in total. The summed E-state index contributed by atoms with van der Waals surface area (Å²) >= 11 is 5.68. The minimum absolute atomic E-state index is 0.0967. The number of benzene rings is 1. The van der Waals surface area contributed by atoms with Gasteiger partial charge in [-0.15, -0.1) is 0 Å². The Labute approximate surface area is 128 Å². The fourth-order valence-corrected chi connectivity index (χ4v) is 1.90. The van der Waals surface area contributed by atoms with Crippen LogP contribution in [0.1, 0.15) is 32.5 Å². The molecule has 0 radical (unpaired) electrons. The molecule has 0 aliphatic carbocycles. The summed E-state index contributed by atoms with van der Waals surface area (Å²) in [6.07, 6.45) is 0. The van der Waals surface area contributed by atoms with Crippen molar-refractivity contribution in [3.05, 3.63) is 40.9 Å². The lowest BCUT2D eigenvalue weighted by molar-refractivity contribution is 0.629. The van der Waals surface area contributed by atoms with E-state index in [2.05, 4.69) is 20.6 Å². The summed E-state index contributed by atoms with van der Waals surface area (Å²) in [6, 6.07) is 6.35. The van der Waals surface area contributed by atoms with E-state index in [1.807, 2.05) is 20.8 Å². The third-order valence-corrected chi connectivity index (χ3v) is 3.12. The Hall–Kier alpha value is -1.88. The van der Waals surface area contributed by atoms with E-state index in [0.717, 1.165) is 18.2 Å². The van der Waals surface area contributed by atoms with Gasteiger partial charge in [-0.2, -0.15) is 0 Å². The number of hydrogen-bond donors (Lipinski definition) is 2. The second-order valence-electron chi connectivity index (χ2n) is 4.94. The molecule has 0 amide bonds. The van der Waals surface area contributed by atoms with E-state index in [-0.39, 0.29) is 10.9 Å². The van der Waals surface area contributed by atoms with Gasteiger partial charge in [0.05, 0.1) is 5.02 Å². The molecular weight excluding hydrogens is 291 g/mol. The zero-order valence-electron chi connectivity index (χ0n) is 12.2. The van der Waals surface area contributed by atoms with Crippen molar-refractivity contribution in [2.75, 3.05) is 17.2 Å². The Kier molecular flexibility index (Phi) is 4.96. The molecule has 6 heteroatoms. The highest BCUT2D eigenvalue weighted by Gasteiger charge is 2.09. The van der Waals surface area contributed by atoms with Crippen molar-refractivity contribution in [3.63, 3.8) is 0 Å². The first kappa shape index (κ1) is 15.5. The summed E-state index contributed by atoms with van der Waals surface area (Å²) in [5.74, 6) is 1.82. The van der Waals surface area contributed by atoms with Crippen molar-refractivity contribution in [1.82, 2.24) is 9.97 Å². The molecule has 0 aliphatic rings. The van der Waals surface area contributed by atoms with E-state index in [1.165, 1.54) is 12.1 Å². The third-order valence-electron chi connectivity index (χ3n) is 2.81. The van der Waals surface area contributed by atoms with Gasteiger partial charge in [0.15, 0.2) is 0 Å². The molecule has 0 unspecified atom stereocenters. The second kappa shape index (κ2) is 6.72. The first-order valence-corrected chi connectivity index (χ1v) is 7.22. The van der Waals surface area contributed by atoms with Gasteiger partial charge >= 0.3 is 0 Å². The van der Waals surface area contributed by atoms with Gasteiger partial charge in [-0.05, 0) is 25.1 Å². The molecule has 1 aromatic heterocycles. The van der Waals surface area contributed by atoms with Gasteiger partial charge in [-0.25, -0.2) is 14.4 Å². The van der Waals surface area contributed by atoms with Crippen molar-refractivity contribution in [2.45, 2.75) is 26.7 Å². The molecule has 2 N–H and O–H groups in total. The minimum Gasteiger partial charge on any atom is -0.370 e. The predicted octanol–water partition coefficient (Wildman–Crippen LogP) is 4.57. The number of anilines is 3. The molecule has 1 aromatic carbocycles. The maximum Gasteiger partial charge on any atom is 0.143 e. The Morgan fingerprint density at radius 1 is 1.19 bits per heavy atom. The maximum atomic E-state index is 13.5. The average molecular weight is 309 g/mol. The molecule has 0 saturated heterocycles. The highest BCUT2D eigenvalue weighted by atomic mass is 35.5. The van der Waals surface area contributed by atoms with Crippen LogP contribution in [0.15, 0.2) is 24.3 Å². The van der Waals surface area contributed by atoms with Crippen LogP contribution >= 0.6 is 11.6 Å². The maximum absolute atomic E-state index is 13.5. The highest BCUT2D eigenvalue weighted by Crippen LogP contribution is 2.23. The number of nitrogens with one attached hydrogen (secondary N) is 2. The van der Waals surface area contributed by atoms with Crippen LogP contribution in [0.5, 0.6) is 0 Å². The normalized spacial score (nSPS) is 10.8. The molecule has 0 aliphatic heterocycles. The molecule has 0 saturated carbocycles. The minimum atomic E-state index is -0.466. The fourth-order valence-electron chi connectivity index (χ4n) is 1.78. The summed E-state index contributed by atoms with van der Waals surface area (Å²) in [5, 5.41) is 6.34. The summed E-state index contributed by atoms with van der Waals surface area (Å²) in [7, 11) is 0. The van der Waals surface area contributed by atoms with Gasteiger partial charge in [-0.3, -0.25) is 0 Å². The molecule has 2 aromatic rings. The van der Waals surface area contributed by atoms with Crippen LogP contribution in [-0.2, 0) is 0 Å². The SMILES string of the molecule is CCNc1cc(Nc2ccc(Cl)c(F)c2)nc(C(C)C)n1. The van der Waals surface area contributed by atoms with E-state index < -0.39 is 5.82 Å². The fraction of sp³-hybridized carbons (Fsp3) is 0.333. The lowest BCUT2D eigenvalue weighted by atomic mass is 10.2. The van der Waals surface area contributed by atoms with Crippen LogP contribution < -0.4 is 10.6 Å². The highest BCUT2D eigenvalue weighted by molar-refractivity contribution is 6.30. The summed E-state index contributed by atoms with van der Waals surface area (Å²) in [6.45, 7) is 6.82.